The van der Waals surface area contributed by atoms with Crippen LogP contribution in [-0.2, 0) is 20.5 Å². The molecule has 3 rings (SSSR count). The van der Waals surface area contributed by atoms with E-state index in [4.69, 9.17) is 21.1 Å². The molecule has 1 atom stereocenters. The molecular formula is C24H19ClF3NO4. The average molecular weight is 478 g/mol. The monoisotopic (exact) mass is 477 g/mol. The van der Waals surface area contributed by atoms with Gasteiger partial charge in [-0.1, -0.05) is 60.1 Å². The molecular weight excluding hydrogens is 459 g/mol. The van der Waals surface area contributed by atoms with Crippen molar-refractivity contribution in [1.29, 1.82) is 0 Å². The molecule has 3 aromatic rings. The molecule has 0 bridgehead atoms. The number of carbonyl (C=O) groups is 2. The van der Waals surface area contributed by atoms with Crippen molar-refractivity contribution in [3.63, 3.8) is 0 Å². The van der Waals surface area contributed by atoms with Crippen LogP contribution in [0.1, 0.15) is 22.8 Å². The topological polar surface area (TPSA) is 64.6 Å². The fraction of sp³-hybridized carbons (Fsp3) is 0.167. The van der Waals surface area contributed by atoms with Gasteiger partial charge in [0, 0.05) is 10.6 Å². The van der Waals surface area contributed by atoms with Gasteiger partial charge in [0.05, 0.1) is 11.3 Å². The number of rotatable bonds is 7. The molecule has 3 aromatic carbocycles. The second kappa shape index (κ2) is 10.4. The number of benzene rings is 3. The van der Waals surface area contributed by atoms with E-state index in [0.29, 0.717) is 11.8 Å². The van der Waals surface area contributed by atoms with Crippen LogP contribution in [-0.4, -0.2) is 18.5 Å². The van der Waals surface area contributed by atoms with E-state index in [1.165, 1.54) is 18.2 Å². The first kappa shape index (κ1) is 24.1. The number of esters is 1. The number of para-hydroxylation sites is 1. The van der Waals surface area contributed by atoms with Gasteiger partial charge in [-0.25, -0.2) is 4.79 Å². The minimum Gasteiger partial charge on any atom is -0.482 e. The zero-order chi connectivity index (χ0) is 24.0. The van der Waals surface area contributed by atoms with Crippen LogP contribution in [0.25, 0.3) is 0 Å². The summed E-state index contributed by atoms with van der Waals surface area (Å²) in [5, 5.41) is 2.06. The quantitative estimate of drug-likeness (QED) is 0.426. The van der Waals surface area contributed by atoms with Crippen LogP contribution in [0.5, 0.6) is 5.75 Å². The molecule has 0 aromatic heterocycles. The highest BCUT2D eigenvalue weighted by Crippen LogP contribution is 2.37. The van der Waals surface area contributed by atoms with Crippen molar-refractivity contribution in [2.24, 2.45) is 0 Å². The minimum atomic E-state index is -4.76. The second-order valence-electron chi connectivity index (χ2n) is 7.01. The lowest BCUT2D eigenvalue weighted by Crippen LogP contribution is -2.28. The molecule has 9 heteroatoms. The number of carbonyl (C=O) groups excluding carboxylic acids is 2. The molecule has 1 unspecified atom stereocenters. The SMILES string of the molecule is Cc1ccccc1OCC(=O)OC(C(=O)Nc1ccc(Cl)cc1C(F)(F)F)c1ccccc1. The van der Waals surface area contributed by atoms with Crippen molar-refractivity contribution in [3.8, 4) is 5.75 Å². The largest absolute Gasteiger partial charge is 0.482 e. The van der Waals surface area contributed by atoms with E-state index >= 15 is 0 Å². The third-order valence-electron chi connectivity index (χ3n) is 4.57. The number of alkyl halides is 3. The lowest BCUT2D eigenvalue weighted by Gasteiger charge is -2.20. The second-order valence-corrected chi connectivity index (χ2v) is 7.45. The summed E-state index contributed by atoms with van der Waals surface area (Å²) in [4.78, 5) is 25.3. The third-order valence-corrected chi connectivity index (χ3v) is 4.81. The van der Waals surface area contributed by atoms with Gasteiger partial charge in [0.15, 0.2) is 6.61 Å². The Morgan fingerprint density at radius 3 is 2.33 bits per heavy atom. The van der Waals surface area contributed by atoms with E-state index in [0.717, 1.165) is 11.6 Å². The van der Waals surface area contributed by atoms with Gasteiger partial charge in [0.1, 0.15) is 5.75 Å². The lowest BCUT2D eigenvalue weighted by atomic mass is 10.1. The smallest absolute Gasteiger partial charge is 0.418 e. The van der Waals surface area contributed by atoms with Crippen LogP contribution in [0.15, 0.2) is 72.8 Å². The Kier molecular flexibility index (Phi) is 7.60. The lowest BCUT2D eigenvalue weighted by molar-refractivity contribution is -0.156. The predicted octanol–water partition coefficient (Wildman–Crippen LogP) is 5.97. The number of nitrogens with one attached hydrogen (secondary N) is 1. The maximum Gasteiger partial charge on any atom is 0.418 e. The Bertz CT molecular complexity index is 1140. The van der Waals surface area contributed by atoms with E-state index < -0.39 is 42.0 Å². The minimum absolute atomic E-state index is 0.139. The summed E-state index contributed by atoms with van der Waals surface area (Å²) in [6, 6.07) is 17.9. The first-order chi connectivity index (χ1) is 15.6. The molecule has 5 nitrogen and oxygen atoms in total. The standard InChI is InChI=1S/C24H19ClF3NO4/c1-15-7-5-6-10-20(15)32-14-21(30)33-22(16-8-3-2-4-9-16)23(31)29-19-12-11-17(25)13-18(19)24(26,27)28/h2-13,22H,14H2,1H3,(H,29,31). The summed E-state index contributed by atoms with van der Waals surface area (Å²) in [5.41, 5.74) is -0.554. The zero-order valence-corrected chi connectivity index (χ0v) is 18.1. The highest BCUT2D eigenvalue weighted by atomic mass is 35.5. The molecule has 0 radical (unpaired) electrons. The molecule has 0 saturated carbocycles. The van der Waals surface area contributed by atoms with Crippen molar-refractivity contribution in [1.82, 2.24) is 0 Å². The Labute approximate surface area is 193 Å². The first-order valence-electron chi connectivity index (χ1n) is 9.75. The number of aryl methyl sites for hydroxylation is 1. The highest BCUT2D eigenvalue weighted by molar-refractivity contribution is 6.30. The molecule has 0 spiro atoms. The average Bonchev–Trinajstić information content (AvgIpc) is 2.78. The summed E-state index contributed by atoms with van der Waals surface area (Å²) < 4.78 is 50.9. The van der Waals surface area contributed by atoms with E-state index in [2.05, 4.69) is 5.32 Å². The van der Waals surface area contributed by atoms with Crippen LogP contribution >= 0.6 is 11.6 Å². The maximum atomic E-state index is 13.4. The number of halogens is 4. The van der Waals surface area contributed by atoms with E-state index in [1.807, 2.05) is 6.07 Å². The summed E-state index contributed by atoms with van der Waals surface area (Å²) in [7, 11) is 0. The van der Waals surface area contributed by atoms with Crippen LogP contribution in [0.2, 0.25) is 5.02 Å². The predicted molar refractivity (Wildman–Crippen MR) is 117 cm³/mol. The van der Waals surface area contributed by atoms with Gasteiger partial charge < -0.3 is 14.8 Å². The normalized spacial score (nSPS) is 12.0. The third kappa shape index (κ3) is 6.49. The number of ether oxygens (including phenoxy) is 2. The molecule has 0 aliphatic rings. The highest BCUT2D eigenvalue weighted by Gasteiger charge is 2.35. The van der Waals surface area contributed by atoms with Gasteiger partial charge in [-0.05, 0) is 36.8 Å². The van der Waals surface area contributed by atoms with Crippen molar-refractivity contribution >= 4 is 29.2 Å². The van der Waals surface area contributed by atoms with Crippen molar-refractivity contribution in [2.75, 3.05) is 11.9 Å². The summed E-state index contributed by atoms with van der Waals surface area (Å²) >= 11 is 5.69. The fourth-order valence-electron chi connectivity index (χ4n) is 2.98. The zero-order valence-electron chi connectivity index (χ0n) is 17.4. The van der Waals surface area contributed by atoms with Crippen molar-refractivity contribution < 1.29 is 32.2 Å². The molecule has 0 fully saturated rings. The molecule has 1 N–H and O–H groups in total. The molecule has 172 valence electrons. The van der Waals surface area contributed by atoms with E-state index in [1.54, 1.807) is 43.3 Å². The Hall–Kier alpha value is -3.52. The number of anilines is 1. The summed E-state index contributed by atoms with van der Waals surface area (Å²) in [6.07, 6.45) is -6.26. The molecule has 0 saturated heterocycles. The van der Waals surface area contributed by atoms with Gasteiger partial charge in [-0.2, -0.15) is 13.2 Å². The van der Waals surface area contributed by atoms with Gasteiger partial charge in [0.25, 0.3) is 5.91 Å². The van der Waals surface area contributed by atoms with E-state index in [-0.39, 0.29) is 10.6 Å². The van der Waals surface area contributed by atoms with Crippen molar-refractivity contribution in [2.45, 2.75) is 19.2 Å². The number of hydrogen-bond donors (Lipinski definition) is 1. The Morgan fingerprint density at radius 1 is 1.00 bits per heavy atom. The fourth-order valence-corrected chi connectivity index (χ4v) is 3.15. The number of amides is 1. The van der Waals surface area contributed by atoms with Gasteiger partial charge in [-0.3, -0.25) is 4.79 Å². The first-order valence-corrected chi connectivity index (χ1v) is 10.1. The molecule has 0 aliphatic carbocycles. The van der Waals surface area contributed by atoms with Gasteiger partial charge >= 0.3 is 12.1 Å². The summed E-state index contributed by atoms with van der Waals surface area (Å²) in [6.45, 7) is 1.31. The number of hydrogen-bond acceptors (Lipinski definition) is 4. The maximum absolute atomic E-state index is 13.4. The summed E-state index contributed by atoms with van der Waals surface area (Å²) in [5.74, 6) is -1.36. The van der Waals surface area contributed by atoms with Crippen molar-refractivity contribution in [3.05, 3.63) is 94.5 Å². The molecule has 33 heavy (non-hydrogen) atoms. The van der Waals surface area contributed by atoms with E-state index in [9.17, 15) is 22.8 Å². The van der Waals surface area contributed by atoms with Crippen LogP contribution < -0.4 is 10.1 Å². The Morgan fingerprint density at radius 2 is 1.67 bits per heavy atom. The van der Waals surface area contributed by atoms with Crippen LogP contribution in [0, 0.1) is 6.92 Å². The molecule has 1 amide bonds. The molecule has 0 heterocycles. The Balaban J connectivity index is 1.80. The van der Waals surface area contributed by atoms with Crippen LogP contribution in [0.3, 0.4) is 0 Å². The van der Waals surface area contributed by atoms with Crippen LogP contribution in [0.4, 0.5) is 18.9 Å². The van der Waals surface area contributed by atoms with Gasteiger partial charge in [-0.15, -0.1) is 0 Å². The van der Waals surface area contributed by atoms with Gasteiger partial charge in [0.2, 0.25) is 6.10 Å². The molecule has 0 aliphatic heterocycles.